The summed E-state index contributed by atoms with van der Waals surface area (Å²) in [5, 5.41) is 12.3. The summed E-state index contributed by atoms with van der Waals surface area (Å²) >= 11 is 0. The highest BCUT2D eigenvalue weighted by Crippen LogP contribution is 2.31. The van der Waals surface area contributed by atoms with Gasteiger partial charge in [-0.2, -0.15) is 0 Å². The van der Waals surface area contributed by atoms with E-state index in [0.29, 0.717) is 5.82 Å². The number of urea groups is 1. The summed E-state index contributed by atoms with van der Waals surface area (Å²) < 4.78 is 0. The van der Waals surface area contributed by atoms with Crippen LogP contribution in [-0.4, -0.2) is 45.0 Å². The second-order valence-corrected chi connectivity index (χ2v) is 6.61. The fourth-order valence-corrected chi connectivity index (χ4v) is 3.36. The number of carboxylic acid groups (broad SMARTS) is 1. The van der Waals surface area contributed by atoms with Gasteiger partial charge in [0.1, 0.15) is 5.82 Å². The number of nitrogens with zero attached hydrogens (tertiary/aromatic N) is 2. The van der Waals surface area contributed by atoms with Crippen LogP contribution in [0.3, 0.4) is 0 Å². The smallest absolute Gasteiger partial charge is 0.327 e. The second-order valence-electron chi connectivity index (χ2n) is 6.61. The number of amides is 3. The lowest BCUT2D eigenvalue weighted by Crippen LogP contribution is -2.69. The number of aliphatic carboxylic acids is 1. The number of hydrogen-bond acceptors (Lipinski definition) is 5. The van der Waals surface area contributed by atoms with Gasteiger partial charge in [0.15, 0.2) is 6.04 Å². The SMILES string of the molecule is CCCC(CCC)NC(=O)N1C(=O)[C@H](Cc2ccnc(N)c2)[C@H]1C(=O)O. The molecule has 0 radical (unpaired) electrons. The number of pyridine rings is 1. The Kier molecular flexibility index (Phi) is 6.54. The molecule has 8 heteroatoms. The molecular weight excluding hydrogens is 336 g/mol. The van der Waals surface area contributed by atoms with Crippen molar-refractivity contribution in [1.29, 1.82) is 0 Å². The molecule has 8 nitrogen and oxygen atoms in total. The topological polar surface area (TPSA) is 126 Å². The van der Waals surface area contributed by atoms with Crippen molar-refractivity contribution in [2.45, 2.75) is 58.0 Å². The number of nitrogens with one attached hydrogen (secondary N) is 1. The molecule has 26 heavy (non-hydrogen) atoms. The Morgan fingerprint density at radius 1 is 1.35 bits per heavy atom. The van der Waals surface area contributed by atoms with E-state index in [1.807, 2.05) is 13.8 Å². The molecule has 4 N–H and O–H groups in total. The van der Waals surface area contributed by atoms with Gasteiger partial charge in [0.25, 0.3) is 0 Å². The fourth-order valence-electron chi connectivity index (χ4n) is 3.36. The first-order valence-electron chi connectivity index (χ1n) is 8.95. The Hall–Kier alpha value is -2.64. The number of nitrogen functional groups attached to an aromatic ring is 1. The molecule has 2 atom stereocenters. The van der Waals surface area contributed by atoms with Gasteiger partial charge in [-0.05, 0) is 37.0 Å². The van der Waals surface area contributed by atoms with Crippen LogP contribution in [0.25, 0.3) is 0 Å². The summed E-state index contributed by atoms with van der Waals surface area (Å²) in [6.45, 7) is 4.03. The summed E-state index contributed by atoms with van der Waals surface area (Å²) in [5.41, 5.74) is 6.34. The van der Waals surface area contributed by atoms with Crippen molar-refractivity contribution in [2.75, 3.05) is 5.73 Å². The van der Waals surface area contributed by atoms with Crippen LogP contribution in [-0.2, 0) is 16.0 Å². The standard InChI is InChI=1S/C18H26N4O4/c1-3-5-12(6-4-2)21-18(26)22-15(17(24)25)13(16(22)23)9-11-7-8-20-14(19)10-11/h7-8,10,12-13,15H,3-6,9H2,1-2H3,(H2,19,20)(H,21,26)(H,24,25)/t13-,15+/m1/s1. The molecule has 2 rings (SSSR count). The van der Waals surface area contributed by atoms with Gasteiger partial charge < -0.3 is 16.2 Å². The molecule has 0 aliphatic carbocycles. The lowest BCUT2D eigenvalue weighted by Gasteiger charge is -2.43. The van der Waals surface area contributed by atoms with Crippen molar-refractivity contribution in [1.82, 2.24) is 15.2 Å². The average Bonchev–Trinajstić information content (AvgIpc) is 2.57. The molecular formula is C18H26N4O4. The Labute approximate surface area is 152 Å². The molecule has 142 valence electrons. The van der Waals surface area contributed by atoms with E-state index < -0.39 is 29.9 Å². The fraction of sp³-hybridized carbons (Fsp3) is 0.556. The Bertz CT molecular complexity index is 673. The van der Waals surface area contributed by atoms with Gasteiger partial charge >= 0.3 is 12.0 Å². The van der Waals surface area contributed by atoms with E-state index >= 15 is 0 Å². The number of nitrogens with two attached hydrogens (primary N) is 1. The molecule has 0 aromatic carbocycles. The zero-order valence-corrected chi connectivity index (χ0v) is 15.1. The van der Waals surface area contributed by atoms with Crippen molar-refractivity contribution in [2.24, 2.45) is 5.92 Å². The summed E-state index contributed by atoms with van der Waals surface area (Å²) in [4.78, 5) is 41.3. The number of likely N-dealkylation sites (tertiary alicyclic amines) is 1. The molecule has 1 saturated heterocycles. The van der Waals surface area contributed by atoms with E-state index in [9.17, 15) is 19.5 Å². The van der Waals surface area contributed by atoms with E-state index in [4.69, 9.17) is 5.73 Å². The molecule has 1 aliphatic rings. The number of carbonyl (C=O) groups is 3. The maximum absolute atomic E-state index is 12.5. The van der Waals surface area contributed by atoms with Gasteiger partial charge in [0.05, 0.1) is 5.92 Å². The van der Waals surface area contributed by atoms with Gasteiger partial charge in [0, 0.05) is 12.2 Å². The third-order valence-electron chi connectivity index (χ3n) is 4.59. The van der Waals surface area contributed by atoms with E-state index in [0.717, 1.165) is 36.1 Å². The number of aromatic nitrogens is 1. The molecule has 1 aromatic rings. The maximum atomic E-state index is 12.5. The van der Waals surface area contributed by atoms with Crippen LogP contribution in [0.2, 0.25) is 0 Å². The highest BCUT2D eigenvalue weighted by atomic mass is 16.4. The molecule has 0 saturated carbocycles. The molecule has 3 amide bonds. The van der Waals surface area contributed by atoms with Crippen LogP contribution < -0.4 is 11.1 Å². The Morgan fingerprint density at radius 2 is 2.00 bits per heavy atom. The number of rotatable bonds is 8. The van der Waals surface area contributed by atoms with Gasteiger partial charge in [-0.3, -0.25) is 4.79 Å². The van der Waals surface area contributed by atoms with Crippen LogP contribution in [0, 0.1) is 5.92 Å². The lowest BCUT2D eigenvalue weighted by molar-refractivity contribution is -0.165. The predicted molar refractivity (Wildman–Crippen MR) is 96.2 cm³/mol. The molecule has 1 aromatic heterocycles. The number of hydrogen-bond donors (Lipinski definition) is 3. The number of β-lactam (4-membered cyclic amide) rings is 1. The van der Waals surface area contributed by atoms with Crippen LogP contribution in [0.15, 0.2) is 18.3 Å². The molecule has 2 heterocycles. The summed E-state index contributed by atoms with van der Waals surface area (Å²) in [6.07, 6.45) is 5.09. The number of carboxylic acids is 1. The van der Waals surface area contributed by atoms with Crippen molar-refractivity contribution in [3.05, 3.63) is 23.9 Å². The molecule has 0 bridgehead atoms. The van der Waals surface area contributed by atoms with Gasteiger partial charge in [0.2, 0.25) is 5.91 Å². The first-order chi connectivity index (χ1) is 12.4. The van der Waals surface area contributed by atoms with Gasteiger partial charge in [-0.1, -0.05) is 26.7 Å². The van der Waals surface area contributed by atoms with Crippen LogP contribution in [0.4, 0.5) is 10.6 Å². The first-order valence-corrected chi connectivity index (χ1v) is 8.95. The highest BCUT2D eigenvalue weighted by Gasteiger charge is 2.54. The second kappa shape index (κ2) is 8.64. The normalized spacial score (nSPS) is 19.3. The van der Waals surface area contributed by atoms with Crippen LogP contribution >= 0.6 is 0 Å². The van der Waals surface area contributed by atoms with Crippen molar-refractivity contribution in [3.8, 4) is 0 Å². The van der Waals surface area contributed by atoms with Crippen LogP contribution in [0.1, 0.15) is 45.1 Å². The third kappa shape index (κ3) is 4.30. The van der Waals surface area contributed by atoms with E-state index in [-0.39, 0.29) is 12.5 Å². The van der Waals surface area contributed by atoms with E-state index in [2.05, 4.69) is 10.3 Å². The summed E-state index contributed by atoms with van der Waals surface area (Å²) in [6, 6.07) is 1.44. The predicted octanol–water partition coefficient (Wildman–Crippen LogP) is 1.80. The number of anilines is 1. The quantitative estimate of drug-likeness (QED) is 0.605. The zero-order chi connectivity index (χ0) is 19.3. The largest absolute Gasteiger partial charge is 0.480 e. The third-order valence-corrected chi connectivity index (χ3v) is 4.59. The Balaban J connectivity index is 2.09. The van der Waals surface area contributed by atoms with Crippen molar-refractivity contribution >= 4 is 23.7 Å². The lowest BCUT2D eigenvalue weighted by atomic mass is 9.82. The number of imide groups is 1. The Morgan fingerprint density at radius 3 is 2.54 bits per heavy atom. The van der Waals surface area contributed by atoms with Crippen molar-refractivity contribution in [3.63, 3.8) is 0 Å². The number of carbonyl (C=O) groups excluding carboxylic acids is 2. The van der Waals surface area contributed by atoms with Gasteiger partial charge in [-0.25, -0.2) is 19.5 Å². The summed E-state index contributed by atoms with van der Waals surface area (Å²) in [7, 11) is 0. The summed E-state index contributed by atoms with van der Waals surface area (Å²) in [5.74, 6) is -2.14. The zero-order valence-electron chi connectivity index (χ0n) is 15.1. The van der Waals surface area contributed by atoms with E-state index in [1.54, 1.807) is 12.1 Å². The minimum Gasteiger partial charge on any atom is -0.480 e. The minimum atomic E-state index is -1.19. The molecule has 1 aliphatic heterocycles. The molecule has 0 spiro atoms. The van der Waals surface area contributed by atoms with Gasteiger partial charge in [-0.15, -0.1) is 0 Å². The highest BCUT2D eigenvalue weighted by molar-refractivity contribution is 6.07. The average molecular weight is 362 g/mol. The van der Waals surface area contributed by atoms with E-state index in [1.165, 1.54) is 6.20 Å². The molecule has 0 unspecified atom stereocenters. The molecule has 1 fully saturated rings. The first kappa shape index (κ1) is 19.7. The maximum Gasteiger partial charge on any atom is 0.327 e. The van der Waals surface area contributed by atoms with Crippen LogP contribution in [0.5, 0.6) is 0 Å². The van der Waals surface area contributed by atoms with Crippen molar-refractivity contribution < 1.29 is 19.5 Å². The minimum absolute atomic E-state index is 0.0567. The monoisotopic (exact) mass is 362 g/mol.